The van der Waals surface area contributed by atoms with E-state index in [1.807, 2.05) is 87.7 Å². The zero-order valence-electron chi connectivity index (χ0n) is 20.4. The van der Waals surface area contributed by atoms with Crippen LogP contribution in [0.1, 0.15) is 45.1 Å². The van der Waals surface area contributed by atoms with E-state index in [4.69, 9.17) is 14.2 Å². The fraction of sp³-hybridized carbons (Fsp3) is 0.276. The van der Waals surface area contributed by atoms with Gasteiger partial charge in [-0.1, -0.05) is 18.2 Å². The summed E-state index contributed by atoms with van der Waals surface area (Å²) in [7, 11) is 0. The fourth-order valence-corrected chi connectivity index (χ4v) is 3.97. The molecule has 0 unspecified atom stereocenters. The molecule has 0 amide bonds. The number of hydrogen-bond acceptors (Lipinski definition) is 4. The minimum absolute atomic E-state index is 0.0952. The maximum Gasteiger partial charge on any atom is 0.355 e. The average molecular weight is 458 g/mol. The van der Waals surface area contributed by atoms with E-state index >= 15 is 0 Å². The Morgan fingerprint density at radius 2 is 1.32 bits per heavy atom. The maximum atomic E-state index is 12.8. The van der Waals surface area contributed by atoms with Crippen molar-refractivity contribution in [2.24, 2.45) is 0 Å². The first-order valence-electron chi connectivity index (χ1n) is 11.7. The molecule has 1 heterocycles. The van der Waals surface area contributed by atoms with Crippen molar-refractivity contribution in [3.05, 3.63) is 78.5 Å². The van der Waals surface area contributed by atoms with Gasteiger partial charge in [-0.25, -0.2) is 4.79 Å². The van der Waals surface area contributed by atoms with Crippen molar-refractivity contribution in [2.45, 2.75) is 46.8 Å². The molecule has 176 valence electrons. The molecule has 0 aliphatic carbocycles. The number of nitrogens with zero attached hydrogens (tertiary/aromatic N) is 1. The zero-order chi connectivity index (χ0) is 24.2. The summed E-state index contributed by atoms with van der Waals surface area (Å²) in [5.74, 6) is 1.29. The van der Waals surface area contributed by atoms with Crippen molar-refractivity contribution in [1.82, 2.24) is 4.57 Å². The summed E-state index contributed by atoms with van der Waals surface area (Å²) in [6.45, 7) is 10.1. The lowest BCUT2D eigenvalue weighted by Gasteiger charge is -2.13. The first-order chi connectivity index (χ1) is 16.4. The van der Waals surface area contributed by atoms with Crippen LogP contribution < -0.4 is 9.47 Å². The van der Waals surface area contributed by atoms with E-state index in [1.54, 1.807) is 0 Å². The van der Waals surface area contributed by atoms with Crippen molar-refractivity contribution in [2.75, 3.05) is 6.61 Å². The van der Waals surface area contributed by atoms with Gasteiger partial charge in [-0.2, -0.15) is 0 Å². The molecular formula is C29H31NO4. The molecule has 3 aromatic carbocycles. The summed E-state index contributed by atoms with van der Waals surface area (Å²) in [5, 5.41) is 0.963. The smallest absolute Gasteiger partial charge is 0.355 e. The summed E-state index contributed by atoms with van der Waals surface area (Å²) >= 11 is 0. The SMILES string of the molecule is CCOC(=O)c1cc2cc(-c3ccc(OC(C)C)cc3)ccc2n1-c1ccc(OC(C)C)cc1. The topological polar surface area (TPSA) is 49.7 Å². The van der Waals surface area contributed by atoms with E-state index in [0.717, 1.165) is 39.2 Å². The lowest BCUT2D eigenvalue weighted by atomic mass is 10.0. The van der Waals surface area contributed by atoms with Gasteiger partial charge in [-0.05, 0) is 100 Å². The highest BCUT2D eigenvalue weighted by molar-refractivity contribution is 5.98. The molecule has 5 heteroatoms. The Morgan fingerprint density at radius 1 is 0.765 bits per heavy atom. The predicted molar refractivity (Wildman–Crippen MR) is 136 cm³/mol. The number of rotatable bonds is 8. The Labute approximate surface area is 200 Å². The van der Waals surface area contributed by atoms with Crippen LogP contribution in [0.2, 0.25) is 0 Å². The standard InChI is InChI=1S/C29H31NO4/c1-6-32-29(31)28-18-23-17-22(21-7-12-25(13-8-21)33-19(2)3)9-16-27(23)30(28)24-10-14-26(15-11-24)34-20(4)5/h7-20H,6H2,1-5H3. The molecule has 0 aliphatic rings. The summed E-state index contributed by atoms with van der Waals surface area (Å²) in [6, 6.07) is 23.9. The third kappa shape index (κ3) is 5.09. The largest absolute Gasteiger partial charge is 0.491 e. The molecule has 1 aromatic heterocycles. The van der Waals surface area contributed by atoms with Gasteiger partial charge in [-0.15, -0.1) is 0 Å². The number of carbonyl (C=O) groups is 1. The Hall–Kier alpha value is -3.73. The van der Waals surface area contributed by atoms with Crippen molar-refractivity contribution in [1.29, 1.82) is 0 Å². The van der Waals surface area contributed by atoms with E-state index in [2.05, 4.69) is 24.3 Å². The molecule has 0 saturated heterocycles. The number of fused-ring (bicyclic) bond motifs is 1. The van der Waals surface area contributed by atoms with Crippen LogP contribution in [0.3, 0.4) is 0 Å². The van der Waals surface area contributed by atoms with Crippen molar-refractivity contribution >= 4 is 16.9 Å². The third-order valence-electron chi connectivity index (χ3n) is 5.31. The summed E-state index contributed by atoms with van der Waals surface area (Å²) in [4.78, 5) is 12.8. The molecule has 0 bridgehead atoms. The monoisotopic (exact) mass is 457 g/mol. The Balaban J connectivity index is 1.75. The number of benzene rings is 3. The van der Waals surface area contributed by atoms with E-state index in [1.165, 1.54) is 0 Å². The molecular weight excluding hydrogens is 426 g/mol. The van der Waals surface area contributed by atoms with Gasteiger partial charge >= 0.3 is 5.97 Å². The molecule has 34 heavy (non-hydrogen) atoms. The molecule has 5 nitrogen and oxygen atoms in total. The molecule has 0 aliphatic heterocycles. The summed E-state index contributed by atoms with van der Waals surface area (Å²) < 4.78 is 18.8. The molecule has 0 fully saturated rings. The van der Waals surface area contributed by atoms with E-state index < -0.39 is 0 Å². The lowest BCUT2D eigenvalue weighted by molar-refractivity contribution is 0.0517. The number of esters is 1. The Kier molecular flexibility index (Phi) is 6.92. The minimum Gasteiger partial charge on any atom is -0.491 e. The normalized spacial score (nSPS) is 11.3. The van der Waals surface area contributed by atoms with Crippen LogP contribution >= 0.6 is 0 Å². The van der Waals surface area contributed by atoms with Gasteiger partial charge in [0.15, 0.2) is 0 Å². The molecule has 4 aromatic rings. The van der Waals surface area contributed by atoms with Crippen LogP contribution in [0.25, 0.3) is 27.7 Å². The molecule has 0 spiro atoms. The molecule has 0 radical (unpaired) electrons. The average Bonchev–Trinajstić information content (AvgIpc) is 3.18. The van der Waals surface area contributed by atoms with Crippen molar-refractivity contribution < 1.29 is 19.0 Å². The second-order valence-electron chi connectivity index (χ2n) is 8.71. The first-order valence-corrected chi connectivity index (χ1v) is 11.7. The first kappa shape index (κ1) is 23.4. The van der Waals surface area contributed by atoms with Gasteiger partial charge in [0, 0.05) is 11.1 Å². The molecule has 4 rings (SSSR count). The summed E-state index contributed by atoms with van der Waals surface area (Å²) in [6.07, 6.45) is 0.229. The van der Waals surface area contributed by atoms with Crippen molar-refractivity contribution in [3.63, 3.8) is 0 Å². The zero-order valence-corrected chi connectivity index (χ0v) is 20.4. The van der Waals surface area contributed by atoms with Gasteiger partial charge in [0.05, 0.1) is 24.3 Å². The van der Waals surface area contributed by atoms with Crippen molar-refractivity contribution in [3.8, 4) is 28.3 Å². The van der Waals surface area contributed by atoms with Gasteiger partial charge in [0.25, 0.3) is 0 Å². The number of hydrogen-bond donors (Lipinski definition) is 0. The summed E-state index contributed by atoms with van der Waals surface area (Å²) in [5.41, 5.74) is 4.45. The Morgan fingerprint density at radius 3 is 1.88 bits per heavy atom. The predicted octanol–water partition coefficient (Wildman–Crippen LogP) is 7.05. The Bertz CT molecular complexity index is 1270. The van der Waals surface area contributed by atoms with Crippen LogP contribution in [0.5, 0.6) is 11.5 Å². The second-order valence-corrected chi connectivity index (χ2v) is 8.71. The number of aromatic nitrogens is 1. The van der Waals surface area contributed by atoms with Gasteiger partial charge in [-0.3, -0.25) is 0 Å². The highest BCUT2D eigenvalue weighted by Gasteiger charge is 2.19. The van der Waals surface area contributed by atoms with Gasteiger partial charge in [0.1, 0.15) is 17.2 Å². The van der Waals surface area contributed by atoms with Crippen LogP contribution in [0.4, 0.5) is 0 Å². The van der Waals surface area contributed by atoms with E-state index in [0.29, 0.717) is 12.3 Å². The second kappa shape index (κ2) is 10.0. The van der Waals surface area contributed by atoms with Gasteiger partial charge < -0.3 is 18.8 Å². The molecule has 0 N–H and O–H groups in total. The van der Waals surface area contributed by atoms with Crippen LogP contribution in [0.15, 0.2) is 72.8 Å². The fourth-order valence-electron chi connectivity index (χ4n) is 3.97. The van der Waals surface area contributed by atoms with E-state index in [9.17, 15) is 4.79 Å². The molecule has 0 atom stereocenters. The minimum atomic E-state index is -0.349. The number of carbonyl (C=O) groups excluding carboxylic acids is 1. The molecule has 0 saturated carbocycles. The quantitative estimate of drug-likeness (QED) is 0.266. The van der Waals surface area contributed by atoms with Gasteiger partial charge in [0.2, 0.25) is 0 Å². The van der Waals surface area contributed by atoms with Crippen LogP contribution in [-0.4, -0.2) is 29.4 Å². The van der Waals surface area contributed by atoms with E-state index in [-0.39, 0.29) is 18.2 Å². The maximum absolute atomic E-state index is 12.8. The highest BCUT2D eigenvalue weighted by atomic mass is 16.5. The van der Waals surface area contributed by atoms with Crippen LogP contribution in [-0.2, 0) is 4.74 Å². The lowest BCUT2D eigenvalue weighted by Crippen LogP contribution is -2.11. The van der Waals surface area contributed by atoms with Crippen LogP contribution in [0, 0.1) is 0 Å². The number of ether oxygens (including phenoxy) is 3. The highest BCUT2D eigenvalue weighted by Crippen LogP contribution is 2.31. The third-order valence-corrected chi connectivity index (χ3v) is 5.31.